The highest BCUT2D eigenvalue weighted by molar-refractivity contribution is 6.30. The maximum Gasteiger partial charge on any atom is 0.317 e. The van der Waals surface area contributed by atoms with Gasteiger partial charge in [0.1, 0.15) is 0 Å². The molecule has 2 fully saturated rings. The average molecular weight is 382 g/mol. The molecule has 0 aromatic heterocycles. The van der Waals surface area contributed by atoms with Gasteiger partial charge < -0.3 is 19.7 Å². The van der Waals surface area contributed by atoms with E-state index in [1.807, 2.05) is 29.2 Å². The van der Waals surface area contributed by atoms with E-state index in [9.17, 15) is 4.79 Å². The molecule has 1 N–H and O–H groups in total. The summed E-state index contributed by atoms with van der Waals surface area (Å²) < 4.78 is 10.9. The molecule has 0 bridgehead atoms. The molecule has 6 nitrogen and oxygen atoms in total. The summed E-state index contributed by atoms with van der Waals surface area (Å²) in [4.78, 5) is 17.2. The first kappa shape index (κ1) is 19.4. The first-order chi connectivity index (χ1) is 12.7. The van der Waals surface area contributed by atoms with E-state index < -0.39 is 0 Å². The zero-order chi connectivity index (χ0) is 18.2. The summed E-state index contributed by atoms with van der Waals surface area (Å²) in [7, 11) is 0. The van der Waals surface area contributed by atoms with Gasteiger partial charge in [0, 0.05) is 57.0 Å². The van der Waals surface area contributed by atoms with E-state index in [4.69, 9.17) is 21.1 Å². The first-order valence-electron chi connectivity index (χ1n) is 9.39. The van der Waals surface area contributed by atoms with E-state index in [2.05, 4.69) is 10.2 Å². The number of hydrogen-bond donors (Lipinski definition) is 1. The molecule has 2 aliphatic heterocycles. The lowest BCUT2D eigenvalue weighted by Gasteiger charge is -2.36. The first-order valence-corrected chi connectivity index (χ1v) is 9.77. The summed E-state index contributed by atoms with van der Waals surface area (Å²) in [5.41, 5.74) is 1.04. The summed E-state index contributed by atoms with van der Waals surface area (Å²) >= 11 is 5.92. The predicted molar refractivity (Wildman–Crippen MR) is 101 cm³/mol. The fourth-order valence-electron chi connectivity index (χ4n) is 3.40. The summed E-state index contributed by atoms with van der Waals surface area (Å²) in [6.07, 6.45) is 1.80. The Morgan fingerprint density at radius 3 is 2.46 bits per heavy atom. The Morgan fingerprint density at radius 2 is 1.77 bits per heavy atom. The lowest BCUT2D eigenvalue weighted by molar-refractivity contribution is 0.0226. The number of nitrogens with zero attached hydrogens (tertiary/aromatic N) is 2. The van der Waals surface area contributed by atoms with Gasteiger partial charge in [0.2, 0.25) is 0 Å². The fraction of sp³-hybridized carbons (Fsp3) is 0.632. The largest absolute Gasteiger partial charge is 0.381 e. The number of amides is 2. The second-order valence-electron chi connectivity index (χ2n) is 6.78. The van der Waals surface area contributed by atoms with Crippen LogP contribution < -0.4 is 5.32 Å². The van der Waals surface area contributed by atoms with Crippen LogP contribution in [0.25, 0.3) is 0 Å². The van der Waals surface area contributed by atoms with Crippen molar-refractivity contribution in [2.24, 2.45) is 0 Å². The topological polar surface area (TPSA) is 54.0 Å². The van der Waals surface area contributed by atoms with Crippen molar-refractivity contribution in [2.45, 2.75) is 25.4 Å². The second kappa shape index (κ2) is 10.1. The predicted octanol–water partition coefficient (Wildman–Crippen LogP) is 2.36. The summed E-state index contributed by atoms with van der Waals surface area (Å²) in [6, 6.07) is 7.81. The number of nitrogens with one attached hydrogen (secondary N) is 1. The summed E-state index contributed by atoms with van der Waals surface area (Å²) in [5, 5.41) is 3.77. The lowest BCUT2D eigenvalue weighted by atomic mass is 10.1. The smallest absolute Gasteiger partial charge is 0.317 e. The van der Waals surface area contributed by atoms with E-state index in [-0.39, 0.29) is 12.1 Å². The number of carbonyl (C=O) groups excluding carboxylic acids is 1. The van der Waals surface area contributed by atoms with Gasteiger partial charge in [-0.05, 0) is 30.5 Å². The minimum atomic E-state index is 0.000101. The van der Waals surface area contributed by atoms with Gasteiger partial charge in [-0.3, -0.25) is 4.90 Å². The standard InChI is InChI=1S/C19H28ClN3O3/c20-17-3-1-16(2-4-17)15-21-19(24)23(18-5-11-25-12-6-18)8-7-22-9-13-26-14-10-22/h1-4,18H,5-15H2,(H,21,24). The van der Waals surface area contributed by atoms with Crippen LogP contribution in [0.15, 0.2) is 24.3 Å². The van der Waals surface area contributed by atoms with Crippen LogP contribution in [-0.2, 0) is 16.0 Å². The molecule has 0 aliphatic carbocycles. The third-order valence-corrected chi connectivity index (χ3v) is 5.26. The maximum atomic E-state index is 12.9. The Bertz CT molecular complexity index is 558. The van der Waals surface area contributed by atoms with Gasteiger partial charge in [0.05, 0.1) is 13.2 Å². The third-order valence-electron chi connectivity index (χ3n) is 5.01. The van der Waals surface area contributed by atoms with Crippen molar-refractivity contribution in [1.82, 2.24) is 15.1 Å². The Hall–Kier alpha value is -1.34. The minimum Gasteiger partial charge on any atom is -0.381 e. The molecule has 0 radical (unpaired) electrons. The van der Waals surface area contributed by atoms with Gasteiger partial charge in [0.15, 0.2) is 0 Å². The quantitative estimate of drug-likeness (QED) is 0.821. The number of hydrogen-bond acceptors (Lipinski definition) is 4. The van der Waals surface area contributed by atoms with Crippen molar-refractivity contribution >= 4 is 17.6 Å². The molecule has 144 valence electrons. The van der Waals surface area contributed by atoms with Gasteiger partial charge in [-0.1, -0.05) is 23.7 Å². The highest BCUT2D eigenvalue weighted by Crippen LogP contribution is 2.15. The van der Waals surface area contributed by atoms with Crippen molar-refractivity contribution in [3.05, 3.63) is 34.9 Å². The number of carbonyl (C=O) groups is 1. The number of benzene rings is 1. The van der Waals surface area contributed by atoms with Crippen LogP contribution in [0, 0.1) is 0 Å². The fourth-order valence-corrected chi connectivity index (χ4v) is 3.53. The molecule has 1 aromatic carbocycles. The SMILES string of the molecule is O=C(NCc1ccc(Cl)cc1)N(CCN1CCOCC1)C1CCOCC1. The van der Waals surface area contributed by atoms with E-state index >= 15 is 0 Å². The molecule has 0 unspecified atom stereocenters. The van der Waals surface area contributed by atoms with E-state index in [1.165, 1.54) is 0 Å². The number of ether oxygens (including phenoxy) is 2. The molecule has 0 atom stereocenters. The van der Waals surface area contributed by atoms with Crippen LogP contribution in [0.2, 0.25) is 5.02 Å². The van der Waals surface area contributed by atoms with Gasteiger partial charge in [-0.25, -0.2) is 4.79 Å². The molecule has 2 aliphatic rings. The van der Waals surface area contributed by atoms with Crippen LogP contribution in [0.5, 0.6) is 0 Å². The average Bonchev–Trinajstić information content (AvgIpc) is 2.69. The highest BCUT2D eigenvalue weighted by Gasteiger charge is 2.26. The van der Waals surface area contributed by atoms with Crippen LogP contribution in [-0.4, -0.2) is 74.5 Å². The second-order valence-corrected chi connectivity index (χ2v) is 7.21. The van der Waals surface area contributed by atoms with Crippen molar-refractivity contribution in [2.75, 3.05) is 52.6 Å². The highest BCUT2D eigenvalue weighted by atomic mass is 35.5. The molecule has 7 heteroatoms. The summed E-state index contributed by atoms with van der Waals surface area (Å²) in [6.45, 7) is 7.01. The molecular formula is C19H28ClN3O3. The molecule has 3 rings (SSSR count). The Kier molecular flexibility index (Phi) is 7.55. The molecule has 2 heterocycles. The van der Waals surface area contributed by atoms with Gasteiger partial charge in [-0.15, -0.1) is 0 Å². The molecule has 26 heavy (non-hydrogen) atoms. The van der Waals surface area contributed by atoms with Gasteiger partial charge >= 0.3 is 6.03 Å². The lowest BCUT2D eigenvalue weighted by Crippen LogP contribution is -2.51. The zero-order valence-corrected chi connectivity index (χ0v) is 15.9. The molecule has 0 saturated carbocycles. The molecule has 1 aromatic rings. The minimum absolute atomic E-state index is 0.000101. The van der Waals surface area contributed by atoms with Gasteiger partial charge in [-0.2, -0.15) is 0 Å². The number of morpholine rings is 1. The number of urea groups is 1. The van der Waals surface area contributed by atoms with Crippen LogP contribution in [0.3, 0.4) is 0 Å². The number of rotatable bonds is 6. The number of halogens is 1. The van der Waals surface area contributed by atoms with Crippen molar-refractivity contribution in [3.8, 4) is 0 Å². The van der Waals surface area contributed by atoms with Crippen LogP contribution >= 0.6 is 11.6 Å². The molecule has 2 saturated heterocycles. The van der Waals surface area contributed by atoms with Crippen molar-refractivity contribution < 1.29 is 14.3 Å². The molecule has 0 spiro atoms. The molecular weight excluding hydrogens is 354 g/mol. The Labute approximate surface area is 160 Å². The Balaban J connectivity index is 1.55. The van der Waals surface area contributed by atoms with Gasteiger partial charge in [0.25, 0.3) is 0 Å². The normalized spacial score (nSPS) is 19.3. The van der Waals surface area contributed by atoms with Crippen LogP contribution in [0.4, 0.5) is 4.79 Å². The van der Waals surface area contributed by atoms with E-state index in [1.54, 1.807) is 0 Å². The summed E-state index contributed by atoms with van der Waals surface area (Å²) in [5.74, 6) is 0. The third kappa shape index (κ3) is 5.84. The van der Waals surface area contributed by atoms with Crippen molar-refractivity contribution in [3.63, 3.8) is 0 Å². The Morgan fingerprint density at radius 1 is 1.12 bits per heavy atom. The monoisotopic (exact) mass is 381 g/mol. The molecule has 2 amide bonds. The van der Waals surface area contributed by atoms with E-state index in [0.717, 1.165) is 71.0 Å². The maximum absolute atomic E-state index is 12.9. The zero-order valence-electron chi connectivity index (χ0n) is 15.2. The van der Waals surface area contributed by atoms with E-state index in [0.29, 0.717) is 11.6 Å². The van der Waals surface area contributed by atoms with Crippen molar-refractivity contribution in [1.29, 1.82) is 0 Å². The van der Waals surface area contributed by atoms with Crippen LogP contribution in [0.1, 0.15) is 18.4 Å².